The Morgan fingerprint density at radius 2 is 1.17 bits per heavy atom. The minimum Gasteiger partial charge on any atom is -0.478 e. The summed E-state index contributed by atoms with van der Waals surface area (Å²) in [5, 5.41) is 41.3. The number of aromatic carboxylic acids is 1. The van der Waals surface area contributed by atoms with Crippen molar-refractivity contribution in [3.05, 3.63) is 136 Å². The second-order valence-electron chi connectivity index (χ2n) is 16.6. The molecule has 66 heavy (non-hydrogen) atoms. The van der Waals surface area contributed by atoms with Gasteiger partial charge in [-0.2, -0.15) is 30.6 Å². The lowest BCUT2D eigenvalue weighted by atomic mass is 10.1. The molecule has 3 fully saturated rings. The number of nitrogens with one attached hydrogen (secondary N) is 3. The van der Waals surface area contributed by atoms with Crippen LogP contribution in [-0.4, -0.2) is 74.5 Å². The Balaban J connectivity index is 0.000000148. The highest BCUT2D eigenvalue weighted by Gasteiger charge is 2.29. The first-order valence-corrected chi connectivity index (χ1v) is 22.8. The van der Waals surface area contributed by atoms with E-state index in [1.165, 1.54) is 73.6 Å². The Hall–Kier alpha value is -6.71. The summed E-state index contributed by atoms with van der Waals surface area (Å²) in [7, 11) is 0. The van der Waals surface area contributed by atoms with Crippen LogP contribution in [0.2, 0.25) is 0 Å². The number of carboxylic acid groups (broad SMARTS) is 1. The van der Waals surface area contributed by atoms with E-state index in [0.717, 1.165) is 56.6 Å². The highest BCUT2D eigenvalue weighted by molar-refractivity contribution is 6.40. The maximum absolute atomic E-state index is 12.3. The van der Waals surface area contributed by atoms with Crippen LogP contribution in [-0.2, 0) is 0 Å². The van der Waals surface area contributed by atoms with E-state index in [9.17, 15) is 9.59 Å². The fourth-order valence-corrected chi connectivity index (χ4v) is 6.66. The van der Waals surface area contributed by atoms with E-state index in [0.29, 0.717) is 29.4 Å². The van der Waals surface area contributed by atoms with Crippen LogP contribution in [0.3, 0.4) is 0 Å². The molecule has 0 radical (unpaired) electrons. The quantitative estimate of drug-likeness (QED) is 0.0674. The standard InChI is InChI=1S/C16H18N4O.C16H16N4.C10H14N2.C6H6N2O2.CH2Cl2/c1-10-3-6-14(15(7-10)18-13-4-5-13)19-16(21)12-8-11(2)20-17-9-12;1-10-3-6-14-15(7-10)20(13-4-5-13)16(18-14)12-8-11(2)19-17-9-12;1-7-2-5-9(11)10(6-7)12-8-3-4-8;1-4-2-5(6(9)10)3-7-8-4;2-1-3/h3,6-9,13,18H,4-5H2,1-2H3,(H,19,21);3,6-9,13H,4-5H2,1-2H3;2,5-6,8,12H,3-4,11H2,1H3;2-3H,1H3,(H,9,10);1H2. The Morgan fingerprint density at radius 3 is 1.73 bits per heavy atom. The normalized spacial score (nSPS) is 13.5. The van der Waals surface area contributed by atoms with Gasteiger partial charge < -0.3 is 31.4 Å². The Labute approximate surface area is 395 Å². The van der Waals surface area contributed by atoms with Gasteiger partial charge in [0.25, 0.3) is 5.91 Å². The summed E-state index contributed by atoms with van der Waals surface area (Å²) in [6, 6.07) is 25.6. The third-order valence-corrected chi connectivity index (χ3v) is 10.4. The number of carboxylic acids is 1. The van der Waals surface area contributed by atoms with Crippen molar-refractivity contribution in [3.63, 3.8) is 0 Å². The van der Waals surface area contributed by atoms with Gasteiger partial charge in [-0.15, -0.1) is 23.2 Å². The number of aryl methyl sites for hydroxylation is 6. The molecular weight excluding hydrogens is 876 g/mol. The molecular formula is C49H56Cl2N12O3. The number of halogens is 2. The lowest BCUT2D eigenvalue weighted by Crippen LogP contribution is -2.15. The van der Waals surface area contributed by atoms with E-state index in [2.05, 4.69) is 101 Å². The number of carbonyl (C=O) groups is 2. The first kappa shape index (κ1) is 48.7. The number of amides is 1. The van der Waals surface area contributed by atoms with Crippen LogP contribution in [0.4, 0.5) is 22.7 Å². The molecule has 1 amide bonds. The highest BCUT2D eigenvalue weighted by atomic mass is 35.5. The van der Waals surface area contributed by atoms with Crippen molar-refractivity contribution in [2.24, 2.45) is 0 Å². The van der Waals surface area contributed by atoms with Crippen LogP contribution in [0.1, 0.15) is 99.1 Å². The largest absolute Gasteiger partial charge is 0.478 e. The third-order valence-electron chi connectivity index (χ3n) is 10.4. The second kappa shape index (κ2) is 23.0. The third kappa shape index (κ3) is 14.7. The van der Waals surface area contributed by atoms with Crippen LogP contribution in [0.25, 0.3) is 22.4 Å². The smallest absolute Gasteiger partial charge is 0.337 e. The molecule has 4 heterocycles. The predicted octanol–water partition coefficient (Wildman–Crippen LogP) is 10.4. The van der Waals surface area contributed by atoms with Crippen molar-refractivity contribution in [1.82, 2.24) is 40.1 Å². The molecule has 3 aliphatic rings. The van der Waals surface area contributed by atoms with Gasteiger partial charge in [-0.3, -0.25) is 4.79 Å². The van der Waals surface area contributed by atoms with E-state index in [1.54, 1.807) is 19.2 Å². The summed E-state index contributed by atoms with van der Waals surface area (Å²) in [6.45, 7) is 11.7. The van der Waals surface area contributed by atoms with Gasteiger partial charge in [-0.25, -0.2) is 9.78 Å². The minimum atomic E-state index is -0.974. The average Bonchev–Trinajstić information content (AvgIpc) is 4.17. The fraction of sp³-hybridized carbons (Fsp3) is 0.327. The van der Waals surface area contributed by atoms with Gasteiger partial charge in [0.05, 0.1) is 85.9 Å². The molecule has 0 atom stereocenters. The maximum Gasteiger partial charge on any atom is 0.337 e. The molecule has 0 aliphatic heterocycles. The number of nitrogens with two attached hydrogens (primary N) is 1. The minimum absolute atomic E-state index is 0.171. The van der Waals surface area contributed by atoms with Gasteiger partial charge in [0.15, 0.2) is 0 Å². The van der Waals surface area contributed by atoms with Crippen molar-refractivity contribution in [2.45, 2.75) is 98.2 Å². The number of carbonyl (C=O) groups excluding carboxylic acids is 1. The summed E-state index contributed by atoms with van der Waals surface area (Å²) in [5.41, 5.74) is 19.5. The number of nitrogen functional groups attached to an aromatic ring is 1. The van der Waals surface area contributed by atoms with Gasteiger partial charge in [0, 0.05) is 23.7 Å². The molecule has 15 nitrogen and oxygen atoms in total. The van der Waals surface area contributed by atoms with Gasteiger partial charge >= 0.3 is 5.97 Å². The number of imidazole rings is 1. The van der Waals surface area contributed by atoms with E-state index in [1.807, 2.05) is 45.0 Å². The molecule has 3 aromatic carbocycles. The summed E-state index contributed by atoms with van der Waals surface area (Å²) in [5.74, 6) is -0.125. The van der Waals surface area contributed by atoms with Crippen molar-refractivity contribution in [3.8, 4) is 11.4 Å². The lowest BCUT2D eigenvalue weighted by molar-refractivity contribution is 0.0695. The second-order valence-corrected chi connectivity index (χ2v) is 17.4. The number of hydrogen-bond donors (Lipinski definition) is 5. The summed E-state index contributed by atoms with van der Waals surface area (Å²) >= 11 is 9.53. The zero-order valence-electron chi connectivity index (χ0n) is 38.0. The summed E-state index contributed by atoms with van der Waals surface area (Å²) < 4.78 is 2.37. The zero-order valence-corrected chi connectivity index (χ0v) is 39.5. The van der Waals surface area contributed by atoms with Crippen molar-refractivity contribution < 1.29 is 14.7 Å². The average molecular weight is 932 g/mol. The first-order chi connectivity index (χ1) is 31.7. The number of alkyl halides is 2. The van der Waals surface area contributed by atoms with Crippen LogP contribution in [0, 0.1) is 41.5 Å². The number of rotatable bonds is 9. The monoisotopic (exact) mass is 930 g/mol. The Kier molecular flexibility index (Phi) is 17.0. The molecule has 4 aromatic heterocycles. The van der Waals surface area contributed by atoms with Crippen LogP contribution in [0.5, 0.6) is 0 Å². The first-order valence-electron chi connectivity index (χ1n) is 21.7. The van der Waals surface area contributed by atoms with Crippen molar-refractivity contribution >= 4 is 68.9 Å². The number of anilines is 4. The number of nitrogens with zero attached hydrogens (tertiary/aromatic N) is 8. The number of aromatic nitrogens is 8. The van der Waals surface area contributed by atoms with Gasteiger partial charge in [-0.1, -0.05) is 18.2 Å². The number of hydrogen-bond acceptors (Lipinski definition) is 12. The Morgan fingerprint density at radius 1 is 0.652 bits per heavy atom. The topological polar surface area (TPSA) is 212 Å². The molecule has 0 bridgehead atoms. The summed E-state index contributed by atoms with van der Waals surface area (Å²) in [4.78, 5) is 27.4. The molecule has 344 valence electrons. The fourth-order valence-electron chi connectivity index (χ4n) is 6.66. The molecule has 0 spiro atoms. The van der Waals surface area contributed by atoms with E-state index in [-0.39, 0.29) is 16.8 Å². The van der Waals surface area contributed by atoms with Crippen LogP contribution < -0.4 is 21.7 Å². The molecule has 3 saturated carbocycles. The van der Waals surface area contributed by atoms with Gasteiger partial charge in [0.1, 0.15) is 5.82 Å². The zero-order chi connectivity index (χ0) is 47.3. The maximum atomic E-state index is 12.3. The molecule has 17 heteroatoms. The molecule has 0 saturated heterocycles. The lowest BCUT2D eigenvalue weighted by Gasteiger charge is -2.13. The van der Waals surface area contributed by atoms with E-state index in [4.69, 9.17) is 39.0 Å². The number of fused-ring (bicyclic) bond motifs is 1. The van der Waals surface area contributed by atoms with Crippen molar-refractivity contribution in [2.75, 3.05) is 27.0 Å². The predicted molar refractivity (Wildman–Crippen MR) is 264 cm³/mol. The summed E-state index contributed by atoms with van der Waals surface area (Å²) in [6.07, 6.45) is 11.9. The van der Waals surface area contributed by atoms with E-state index < -0.39 is 5.97 Å². The Bertz CT molecular complexity index is 2770. The highest BCUT2D eigenvalue weighted by Crippen LogP contribution is 2.41. The van der Waals surface area contributed by atoms with Gasteiger partial charge in [0.2, 0.25) is 0 Å². The molecule has 0 unspecified atom stereocenters. The number of benzene rings is 3. The molecule has 7 aromatic rings. The molecule has 3 aliphatic carbocycles. The molecule has 10 rings (SSSR count). The molecule has 6 N–H and O–H groups in total. The SMILES string of the molecule is Cc1cc(C(=O)O)cnn1.Cc1ccc(N)c(NC2CC2)c1.Cc1ccc(NC(=O)c2cnnc(C)c2)c(NC2CC2)c1.Cc1ccc2nc(-c3cnnc(C)c3)n(C3CC3)c2c1.ClCCl. The van der Waals surface area contributed by atoms with E-state index >= 15 is 0 Å². The van der Waals surface area contributed by atoms with Crippen LogP contribution >= 0.6 is 23.2 Å². The van der Waals surface area contributed by atoms with Crippen LogP contribution in [0.15, 0.2) is 91.4 Å². The van der Waals surface area contributed by atoms with Gasteiger partial charge in [-0.05, 0) is 151 Å². The van der Waals surface area contributed by atoms with Crippen molar-refractivity contribution in [1.29, 1.82) is 0 Å².